The number of ketones is 1. The van der Waals surface area contributed by atoms with Gasteiger partial charge in [0.15, 0.2) is 5.78 Å². The molecule has 6 atom stereocenters. The smallest absolute Gasteiger partial charge is 0.166 e. The quantitative estimate of drug-likeness (QED) is 0.235. The van der Waals surface area contributed by atoms with Gasteiger partial charge in [0.2, 0.25) is 0 Å². The molecule has 0 bridgehead atoms. The van der Waals surface area contributed by atoms with Crippen LogP contribution in [0.3, 0.4) is 0 Å². The molecule has 0 aliphatic carbocycles. The normalized spacial score (nSPS) is 21.8. The average Bonchev–Trinajstić information content (AvgIpc) is 2.34. The van der Waals surface area contributed by atoms with Gasteiger partial charge < -0.3 is 35.7 Å². The topological polar surface area (TPSA) is 159 Å². The molecule has 6 unspecified atom stereocenters. The Bertz CT molecular complexity index is 256. The first-order chi connectivity index (χ1) is 8.22. The molecule has 0 radical (unpaired) electrons. The molecule has 7 N–H and O–H groups in total. The van der Waals surface area contributed by atoms with Gasteiger partial charge in [0.25, 0.3) is 0 Å². The van der Waals surface area contributed by atoms with E-state index >= 15 is 0 Å². The molecular formula is C10H20O8. The van der Waals surface area contributed by atoms with Crippen LogP contribution >= 0.6 is 0 Å². The van der Waals surface area contributed by atoms with Crippen LogP contribution in [0.2, 0.25) is 0 Å². The summed E-state index contributed by atoms with van der Waals surface area (Å²) in [5, 5.41) is 63.9. The number of rotatable bonds is 8. The molecule has 0 spiro atoms. The molecule has 8 heteroatoms. The van der Waals surface area contributed by atoms with Crippen LogP contribution in [-0.4, -0.2) is 84.8 Å². The number of hydrogen-bond donors (Lipinski definition) is 7. The second-order valence-electron chi connectivity index (χ2n) is 4.16. The Kier molecular flexibility index (Phi) is 7.48. The van der Waals surface area contributed by atoms with Crippen LogP contribution in [0.25, 0.3) is 0 Å². The van der Waals surface area contributed by atoms with Crippen LogP contribution in [0, 0.1) is 0 Å². The largest absolute Gasteiger partial charge is 0.394 e. The van der Waals surface area contributed by atoms with Crippen molar-refractivity contribution in [2.45, 2.75) is 50.0 Å². The van der Waals surface area contributed by atoms with Crippen molar-refractivity contribution in [3.63, 3.8) is 0 Å². The average molecular weight is 268 g/mol. The standard InChI is InChI=1S/C10H20O8/c1-4(12)7(15)9(17)10(18)8(16)6(14)2-5(13)3-11/h4-5,7-13,15-18H,2-3H2,1H3. The molecule has 0 rings (SSSR count). The highest BCUT2D eigenvalue weighted by atomic mass is 16.4. The van der Waals surface area contributed by atoms with E-state index in [2.05, 4.69) is 0 Å². The predicted molar refractivity (Wildman–Crippen MR) is 58.4 cm³/mol. The zero-order valence-corrected chi connectivity index (χ0v) is 9.92. The molecule has 108 valence electrons. The Morgan fingerprint density at radius 1 is 0.944 bits per heavy atom. The first kappa shape index (κ1) is 17.4. The van der Waals surface area contributed by atoms with E-state index in [1.54, 1.807) is 0 Å². The Morgan fingerprint density at radius 2 is 1.44 bits per heavy atom. The van der Waals surface area contributed by atoms with E-state index in [4.69, 9.17) is 15.3 Å². The van der Waals surface area contributed by atoms with Gasteiger partial charge >= 0.3 is 0 Å². The minimum Gasteiger partial charge on any atom is -0.394 e. The first-order valence-electron chi connectivity index (χ1n) is 5.44. The lowest BCUT2D eigenvalue weighted by Crippen LogP contribution is -2.51. The number of aliphatic hydroxyl groups excluding tert-OH is 7. The Hall–Kier alpha value is -0.610. The molecule has 0 aliphatic heterocycles. The molecule has 8 nitrogen and oxygen atoms in total. The van der Waals surface area contributed by atoms with Gasteiger partial charge in [0.1, 0.15) is 24.4 Å². The predicted octanol–water partition coefficient (Wildman–Crippen LogP) is -3.88. The molecule has 0 saturated heterocycles. The van der Waals surface area contributed by atoms with E-state index in [1.807, 2.05) is 0 Å². The fourth-order valence-electron chi connectivity index (χ4n) is 1.28. The number of carbonyl (C=O) groups excluding carboxylic acids is 1. The van der Waals surface area contributed by atoms with Gasteiger partial charge in [-0.05, 0) is 6.92 Å². The molecule has 0 aromatic rings. The molecule has 0 aliphatic rings. The number of aliphatic hydroxyl groups is 7. The van der Waals surface area contributed by atoms with Crippen LogP contribution in [0.5, 0.6) is 0 Å². The van der Waals surface area contributed by atoms with Crippen molar-refractivity contribution >= 4 is 5.78 Å². The van der Waals surface area contributed by atoms with E-state index in [-0.39, 0.29) is 0 Å². The van der Waals surface area contributed by atoms with Crippen molar-refractivity contribution in [2.24, 2.45) is 0 Å². The number of Topliss-reactive ketones (excluding diaryl/α,β-unsaturated/α-hetero) is 1. The summed E-state index contributed by atoms with van der Waals surface area (Å²) in [5.74, 6) is -0.999. The Labute approximate surface area is 104 Å². The zero-order chi connectivity index (χ0) is 14.5. The van der Waals surface area contributed by atoms with Crippen molar-refractivity contribution in [3.05, 3.63) is 0 Å². The third-order valence-electron chi connectivity index (χ3n) is 2.50. The highest BCUT2D eigenvalue weighted by molar-refractivity contribution is 5.83. The molecule has 0 amide bonds. The fraction of sp³-hybridized carbons (Fsp3) is 0.900. The van der Waals surface area contributed by atoms with Gasteiger partial charge in [-0.2, -0.15) is 0 Å². The number of hydrogen-bond acceptors (Lipinski definition) is 8. The second-order valence-corrected chi connectivity index (χ2v) is 4.16. The van der Waals surface area contributed by atoms with Crippen LogP contribution in [0.1, 0.15) is 13.3 Å². The van der Waals surface area contributed by atoms with E-state index < -0.39 is 55.4 Å². The fourth-order valence-corrected chi connectivity index (χ4v) is 1.28. The van der Waals surface area contributed by atoms with Gasteiger partial charge in [-0.25, -0.2) is 0 Å². The molecular weight excluding hydrogens is 248 g/mol. The lowest BCUT2D eigenvalue weighted by molar-refractivity contribution is -0.153. The van der Waals surface area contributed by atoms with Crippen molar-refractivity contribution in [2.75, 3.05) is 6.61 Å². The van der Waals surface area contributed by atoms with Gasteiger partial charge in [-0.15, -0.1) is 0 Å². The minimum atomic E-state index is -2.03. The van der Waals surface area contributed by atoms with Gasteiger partial charge in [0.05, 0.1) is 18.8 Å². The van der Waals surface area contributed by atoms with Gasteiger partial charge in [-0.3, -0.25) is 4.79 Å². The third-order valence-corrected chi connectivity index (χ3v) is 2.50. The minimum absolute atomic E-state index is 0.605. The second kappa shape index (κ2) is 7.74. The van der Waals surface area contributed by atoms with Crippen LogP contribution in [0.4, 0.5) is 0 Å². The highest BCUT2D eigenvalue weighted by Gasteiger charge is 2.36. The number of carbonyl (C=O) groups is 1. The van der Waals surface area contributed by atoms with Gasteiger partial charge in [-0.1, -0.05) is 0 Å². The van der Waals surface area contributed by atoms with E-state index in [0.29, 0.717) is 0 Å². The zero-order valence-electron chi connectivity index (χ0n) is 9.92. The van der Waals surface area contributed by atoms with Crippen molar-refractivity contribution in [1.82, 2.24) is 0 Å². The van der Waals surface area contributed by atoms with E-state index in [1.165, 1.54) is 0 Å². The Balaban J connectivity index is 4.49. The van der Waals surface area contributed by atoms with Gasteiger partial charge in [0, 0.05) is 6.42 Å². The SMILES string of the molecule is CC(O)C(O)C(O)C(O)C(O)C(=O)CC(O)CO. The summed E-state index contributed by atoms with van der Waals surface area (Å²) in [6, 6.07) is 0. The molecule has 0 heterocycles. The Morgan fingerprint density at radius 3 is 1.83 bits per heavy atom. The van der Waals surface area contributed by atoms with Crippen LogP contribution in [0.15, 0.2) is 0 Å². The third kappa shape index (κ3) is 4.94. The maximum absolute atomic E-state index is 11.3. The summed E-state index contributed by atoms with van der Waals surface area (Å²) in [6.45, 7) is 0.470. The molecule has 0 aromatic carbocycles. The first-order valence-corrected chi connectivity index (χ1v) is 5.44. The van der Waals surface area contributed by atoms with Crippen molar-refractivity contribution < 1.29 is 40.5 Å². The summed E-state index contributed by atoms with van der Waals surface area (Å²) in [4.78, 5) is 11.3. The summed E-state index contributed by atoms with van der Waals surface area (Å²) in [6.07, 6.45) is -11.0. The lowest BCUT2D eigenvalue weighted by atomic mass is 9.96. The summed E-state index contributed by atoms with van der Waals surface area (Å²) >= 11 is 0. The lowest BCUT2D eigenvalue weighted by Gasteiger charge is -2.27. The van der Waals surface area contributed by atoms with Crippen molar-refractivity contribution in [1.29, 1.82) is 0 Å². The van der Waals surface area contributed by atoms with E-state index in [9.17, 15) is 25.2 Å². The summed E-state index contributed by atoms with van der Waals surface area (Å²) in [7, 11) is 0. The molecule has 0 aromatic heterocycles. The molecule has 18 heavy (non-hydrogen) atoms. The molecule has 0 fully saturated rings. The van der Waals surface area contributed by atoms with Crippen LogP contribution < -0.4 is 0 Å². The van der Waals surface area contributed by atoms with Crippen molar-refractivity contribution in [3.8, 4) is 0 Å². The van der Waals surface area contributed by atoms with Crippen LogP contribution in [-0.2, 0) is 4.79 Å². The highest BCUT2D eigenvalue weighted by Crippen LogP contribution is 2.10. The van der Waals surface area contributed by atoms with E-state index in [0.717, 1.165) is 6.92 Å². The maximum Gasteiger partial charge on any atom is 0.166 e. The summed E-state index contributed by atoms with van der Waals surface area (Å²) < 4.78 is 0. The molecule has 0 saturated carbocycles. The monoisotopic (exact) mass is 268 g/mol. The summed E-state index contributed by atoms with van der Waals surface area (Å²) in [5.41, 5.74) is 0. The maximum atomic E-state index is 11.3.